The monoisotopic (exact) mass is 441 g/mol. The van der Waals surface area contributed by atoms with Crippen LogP contribution in [0.3, 0.4) is 0 Å². The molecule has 0 radical (unpaired) electrons. The average molecular weight is 441 g/mol. The van der Waals surface area contributed by atoms with Gasteiger partial charge in [0.15, 0.2) is 0 Å². The zero-order chi connectivity index (χ0) is 25.2. The summed E-state index contributed by atoms with van der Waals surface area (Å²) >= 11 is 0. The Morgan fingerprint density at radius 3 is 1.35 bits per heavy atom. The molecule has 0 fully saturated rings. The quantitative estimate of drug-likeness (QED) is 0.315. The van der Waals surface area contributed by atoms with Crippen molar-refractivity contribution in [2.45, 2.75) is 156 Å². The molecule has 0 aliphatic carbocycles. The molecule has 0 amide bonds. The normalized spacial score (nSPS) is 7.29. The van der Waals surface area contributed by atoms with Crippen LogP contribution >= 0.6 is 0 Å². The van der Waals surface area contributed by atoms with Crippen molar-refractivity contribution in [3.05, 3.63) is 47.5 Å². The topological polar surface area (TPSA) is 0 Å². The molecule has 0 saturated carbocycles. The van der Waals surface area contributed by atoms with Gasteiger partial charge >= 0.3 is 0 Å². The van der Waals surface area contributed by atoms with Gasteiger partial charge in [-0.25, -0.2) is 0 Å². The van der Waals surface area contributed by atoms with Gasteiger partial charge in [0.1, 0.15) is 0 Å². The standard InChI is InChI=1S/C13H20.C4H10.2C3H8.C3H6.2C2H6.CH4/c1-4-5-6-7-13-10-11(2)8-9-12(13)3;1-3-4-2;3*1-3-2;2*1-2;/h8-10H,4-7H2,1-3H3;3-4H2,1-2H3;2*3H2,1-2H3;3H,1H2,2H3;2*1-2H3;1H4. The number of unbranched alkanes of at least 4 members (excludes halogenated alkanes) is 3. The molecule has 0 heterocycles. The lowest BCUT2D eigenvalue weighted by atomic mass is 10.0. The summed E-state index contributed by atoms with van der Waals surface area (Å²) in [5, 5.41) is 0. The summed E-state index contributed by atoms with van der Waals surface area (Å²) < 4.78 is 0. The van der Waals surface area contributed by atoms with Crippen molar-refractivity contribution in [3.8, 4) is 0 Å². The summed E-state index contributed by atoms with van der Waals surface area (Å²) in [4.78, 5) is 0. The van der Waals surface area contributed by atoms with E-state index in [9.17, 15) is 0 Å². The number of rotatable bonds is 5. The molecule has 1 rings (SSSR count). The summed E-state index contributed by atoms with van der Waals surface area (Å²) in [7, 11) is 0. The van der Waals surface area contributed by atoms with Gasteiger partial charge in [0.25, 0.3) is 0 Å². The van der Waals surface area contributed by atoms with E-state index in [1.165, 1.54) is 68.1 Å². The van der Waals surface area contributed by atoms with Crippen LogP contribution in [-0.2, 0) is 6.42 Å². The molecule has 0 saturated heterocycles. The highest BCUT2D eigenvalue weighted by Crippen LogP contribution is 2.13. The Balaban J connectivity index is -0.0000000536. The van der Waals surface area contributed by atoms with Crippen LogP contribution in [0.2, 0.25) is 0 Å². The lowest BCUT2D eigenvalue weighted by molar-refractivity contribution is 0.715. The van der Waals surface area contributed by atoms with Crippen LogP contribution in [0.5, 0.6) is 0 Å². The van der Waals surface area contributed by atoms with E-state index >= 15 is 0 Å². The average Bonchev–Trinajstić information content (AvgIpc) is 2.75. The van der Waals surface area contributed by atoms with Crippen LogP contribution in [0.4, 0.5) is 0 Å². The van der Waals surface area contributed by atoms with Crippen molar-refractivity contribution >= 4 is 0 Å². The maximum Gasteiger partial charge on any atom is -0.0276 e. The summed E-state index contributed by atoms with van der Waals surface area (Å²) in [6.07, 6.45) is 12.1. The van der Waals surface area contributed by atoms with Gasteiger partial charge in [-0.3, -0.25) is 0 Å². The van der Waals surface area contributed by atoms with E-state index in [2.05, 4.69) is 87.1 Å². The molecular weight excluding hydrogens is 372 g/mol. The molecule has 0 aromatic heterocycles. The third kappa shape index (κ3) is 65.3. The Bertz CT molecular complexity index is 345. The predicted molar refractivity (Wildman–Crippen MR) is 157 cm³/mol. The van der Waals surface area contributed by atoms with Crippen molar-refractivity contribution in [2.24, 2.45) is 0 Å². The van der Waals surface area contributed by atoms with Crippen LogP contribution in [-0.4, -0.2) is 0 Å². The second-order valence-electron chi connectivity index (χ2n) is 6.71. The summed E-state index contributed by atoms with van der Waals surface area (Å²) in [5.74, 6) is 0. The number of allylic oxidation sites excluding steroid dienone is 1. The van der Waals surface area contributed by atoms with E-state index in [0.717, 1.165) is 0 Å². The number of aryl methyl sites for hydroxylation is 3. The van der Waals surface area contributed by atoms with Crippen molar-refractivity contribution in [1.82, 2.24) is 0 Å². The number of benzene rings is 1. The Labute approximate surface area is 203 Å². The van der Waals surface area contributed by atoms with Crippen molar-refractivity contribution < 1.29 is 0 Å². The molecule has 0 nitrogen and oxygen atoms in total. The fraction of sp³-hybridized carbons (Fsp3) is 0.742. The van der Waals surface area contributed by atoms with E-state index in [1.54, 1.807) is 6.08 Å². The SMILES string of the molecule is C.C=CC.CC.CC.CCC.CCC.CCCC.CCCCCc1cc(C)ccc1C. The molecule has 0 atom stereocenters. The third-order valence-corrected chi connectivity index (χ3v) is 3.05. The molecule has 0 aliphatic heterocycles. The largest absolute Gasteiger partial charge is 0.103 e. The second-order valence-corrected chi connectivity index (χ2v) is 6.71. The molecule has 0 heteroatoms. The molecule has 0 aliphatic rings. The molecular formula is C31H68. The van der Waals surface area contributed by atoms with Crippen LogP contribution in [0.15, 0.2) is 30.9 Å². The second kappa shape index (κ2) is 56.8. The lowest BCUT2D eigenvalue weighted by Crippen LogP contribution is -1.90. The van der Waals surface area contributed by atoms with Gasteiger partial charge in [-0.1, -0.05) is 152 Å². The smallest absolute Gasteiger partial charge is 0.0276 e. The highest BCUT2D eigenvalue weighted by molar-refractivity contribution is 5.30. The Hall–Kier alpha value is -1.04. The first-order valence-corrected chi connectivity index (χ1v) is 13.0. The summed E-state index contributed by atoms with van der Waals surface area (Å²) in [5.41, 5.74) is 4.37. The molecule has 31 heavy (non-hydrogen) atoms. The third-order valence-electron chi connectivity index (χ3n) is 3.05. The zero-order valence-electron chi connectivity index (χ0n) is 24.2. The van der Waals surface area contributed by atoms with Gasteiger partial charge in [0, 0.05) is 0 Å². The van der Waals surface area contributed by atoms with Crippen LogP contribution < -0.4 is 0 Å². The molecule has 0 spiro atoms. The molecule has 0 N–H and O–H groups in total. The molecule has 192 valence electrons. The highest BCUT2D eigenvalue weighted by atomic mass is 14.0. The first-order chi connectivity index (χ1) is 14.4. The Morgan fingerprint density at radius 2 is 1.06 bits per heavy atom. The van der Waals surface area contributed by atoms with Gasteiger partial charge in [-0.2, -0.15) is 0 Å². The van der Waals surface area contributed by atoms with Crippen molar-refractivity contribution in [3.63, 3.8) is 0 Å². The zero-order valence-corrected chi connectivity index (χ0v) is 24.2. The highest BCUT2D eigenvalue weighted by Gasteiger charge is 1.97. The minimum Gasteiger partial charge on any atom is -0.103 e. The molecule has 0 unspecified atom stereocenters. The van der Waals surface area contributed by atoms with Crippen LogP contribution in [0, 0.1) is 13.8 Å². The van der Waals surface area contributed by atoms with E-state index < -0.39 is 0 Å². The first kappa shape index (κ1) is 47.7. The van der Waals surface area contributed by atoms with Gasteiger partial charge < -0.3 is 0 Å². The number of hydrogen-bond acceptors (Lipinski definition) is 0. The molecule has 1 aromatic carbocycles. The van der Waals surface area contributed by atoms with E-state index in [-0.39, 0.29) is 7.43 Å². The van der Waals surface area contributed by atoms with Gasteiger partial charge in [-0.05, 0) is 44.7 Å². The van der Waals surface area contributed by atoms with E-state index in [0.29, 0.717) is 0 Å². The van der Waals surface area contributed by atoms with Gasteiger partial charge in [0.2, 0.25) is 0 Å². The van der Waals surface area contributed by atoms with Crippen molar-refractivity contribution in [1.29, 1.82) is 0 Å². The lowest BCUT2D eigenvalue weighted by Gasteiger charge is -2.06. The predicted octanol–water partition coefficient (Wildman–Crippen LogP) is 12.6. The maximum absolute atomic E-state index is 3.36. The van der Waals surface area contributed by atoms with Gasteiger partial charge in [-0.15, -0.1) is 6.58 Å². The fourth-order valence-electron chi connectivity index (χ4n) is 1.64. The van der Waals surface area contributed by atoms with E-state index in [1.807, 2.05) is 34.6 Å². The van der Waals surface area contributed by atoms with Crippen molar-refractivity contribution in [2.75, 3.05) is 0 Å². The van der Waals surface area contributed by atoms with Crippen LogP contribution in [0.25, 0.3) is 0 Å². The molecule has 0 bridgehead atoms. The Kier molecular flexibility index (Phi) is 87.4. The minimum absolute atomic E-state index is 0. The van der Waals surface area contributed by atoms with Crippen LogP contribution in [0.1, 0.15) is 152 Å². The Morgan fingerprint density at radius 1 is 0.710 bits per heavy atom. The molecule has 1 aromatic rings. The van der Waals surface area contributed by atoms with Gasteiger partial charge in [0.05, 0.1) is 0 Å². The summed E-state index contributed by atoms with van der Waals surface area (Å²) in [6.45, 7) is 32.7. The van der Waals surface area contributed by atoms with E-state index in [4.69, 9.17) is 0 Å². The maximum atomic E-state index is 3.36. The first-order valence-electron chi connectivity index (χ1n) is 13.0. The minimum atomic E-state index is 0. The summed E-state index contributed by atoms with van der Waals surface area (Å²) in [6, 6.07) is 6.75. The number of hydrogen-bond donors (Lipinski definition) is 0. The fourth-order valence-corrected chi connectivity index (χ4v) is 1.64.